The van der Waals surface area contributed by atoms with Crippen molar-refractivity contribution in [1.29, 1.82) is 0 Å². The van der Waals surface area contributed by atoms with Crippen LogP contribution >= 0.6 is 15.9 Å². The first-order valence-electron chi connectivity index (χ1n) is 6.80. The molecule has 0 saturated carbocycles. The molecule has 0 atom stereocenters. The first-order chi connectivity index (χ1) is 10.1. The fourth-order valence-corrected chi connectivity index (χ4v) is 3.13. The fourth-order valence-electron chi connectivity index (χ4n) is 2.70. The van der Waals surface area contributed by atoms with E-state index in [1.807, 2.05) is 17.0 Å². The monoisotopic (exact) mass is 351 g/mol. The summed E-state index contributed by atoms with van der Waals surface area (Å²) in [6, 6.07) is 5.21. The summed E-state index contributed by atoms with van der Waals surface area (Å²) in [5.41, 5.74) is 1.34. The lowest BCUT2D eigenvalue weighted by Crippen LogP contribution is -2.48. The smallest absolute Gasteiger partial charge is 0.219 e. The number of carbonyl (C=O) groups excluding carboxylic acids is 1. The maximum atomic E-state index is 14.0. The third-order valence-corrected chi connectivity index (χ3v) is 4.26. The molecule has 1 aliphatic rings. The molecule has 1 aromatic heterocycles. The van der Waals surface area contributed by atoms with Gasteiger partial charge in [0.15, 0.2) is 5.82 Å². The van der Waals surface area contributed by atoms with Crippen LogP contribution in [0.25, 0.3) is 10.9 Å². The van der Waals surface area contributed by atoms with Gasteiger partial charge in [-0.25, -0.2) is 4.39 Å². The predicted molar refractivity (Wildman–Crippen MR) is 83.9 cm³/mol. The van der Waals surface area contributed by atoms with Crippen molar-refractivity contribution in [3.8, 4) is 0 Å². The van der Waals surface area contributed by atoms with Crippen molar-refractivity contribution in [2.45, 2.75) is 6.92 Å². The molecule has 4 nitrogen and oxygen atoms in total. The number of pyridine rings is 1. The van der Waals surface area contributed by atoms with Crippen LogP contribution in [-0.2, 0) is 4.79 Å². The van der Waals surface area contributed by atoms with Crippen molar-refractivity contribution in [2.75, 3.05) is 31.1 Å². The summed E-state index contributed by atoms with van der Waals surface area (Å²) >= 11 is 3.33. The standard InChI is InChI=1S/C15H15BrFN3O/c1-10(21)19-4-6-20(7-5-19)14-2-3-18-15-12(14)8-11(16)9-13(15)17/h2-3,8-9H,4-7H2,1H3. The Morgan fingerprint density at radius 2 is 2.00 bits per heavy atom. The van der Waals surface area contributed by atoms with Crippen LogP contribution < -0.4 is 4.90 Å². The van der Waals surface area contributed by atoms with E-state index in [2.05, 4.69) is 25.8 Å². The van der Waals surface area contributed by atoms with E-state index in [1.165, 1.54) is 6.07 Å². The number of fused-ring (bicyclic) bond motifs is 1. The minimum Gasteiger partial charge on any atom is -0.367 e. The van der Waals surface area contributed by atoms with Crippen molar-refractivity contribution >= 4 is 38.4 Å². The van der Waals surface area contributed by atoms with Crippen LogP contribution in [0, 0.1) is 5.82 Å². The number of anilines is 1. The molecule has 21 heavy (non-hydrogen) atoms. The van der Waals surface area contributed by atoms with Gasteiger partial charge >= 0.3 is 0 Å². The lowest BCUT2D eigenvalue weighted by Gasteiger charge is -2.36. The van der Waals surface area contributed by atoms with Gasteiger partial charge < -0.3 is 9.80 Å². The first-order valence-corrected chi connectivity index (χ1v) is 7.60. The van der Waals surface area contributed by atoms with Crippen LogP contribution in [0.2, 0.25) is 0 Å². The zero-order valence-corrected chi connectivity index (χ0v) is 13.2. The number of carbonyl (C=O) groups is 1. The van der Waals surface area contributed by atoms with Crippen LogP contribution in [0.15, 0.2) is 28.9 Å². The molecule has 0 radical (unpaired) electrons. The molecular formula is C15H15BrFN3O. The van der Waals surface area contributed by atoms with E-state index in [4.69, 9.17) is 0 Å². The van der Waals surface area contributed by atoms with Gasteiger partial charge in [0.05, 0.1) is 0 Å². The summed E-state index contributed by atoms with van der Waals surface area (Å²) in [6.45, 7) is 4.45. The van der Waals surface area contributed by atoms with Crippen molar-refractivity contribution in [3.63, 3.8) is 0 Å². The van der Waals surface area contributed by atoms with Crippen LogP contribution in [-0.4, -0.2) is 42.0 Å². The van der Waals surface area contributed by atoms with Crippen LogP contribution in [0.3, 0.4) is 0 Å². The minimum absolute atomic E-state index is 0.100. The van der Waals surface area contributed by atoms with E-state index in [-0.39, 0.29) is 11.7 Å². The number of nitrogens with zero attached hydrogens (tertiary/aromatic N) is 3. The predicted octanol–water partition coefficient (Wildman–Crippen LogP) is 2.80. The van der Waals surface area contributed by atoms with Crippen molar-refractivity contribution < 1.29 is 9.18 Å². The van der Waals surface area contributed by atoms with Gasteiger partial charge in [0, 0.05) is 54.8 Å². The van der Waals surface area contributed by atoms with Gasteiger partial charge in [-0.1, -0.05) is 15.9 Å². The van der Waals surface area contributed by atoms with Crippen molar-refractivity contribution in [1.82, 2.24) is 9.88 Å². The highest BCUT2D eigenvalue weighted by Crippen LogP contribution is 2.30. The molecule has 0 unspecified atom stereocenters. The van der Waals surface area contributed by atoms with E-state index >= 15 is 0 Å². The molecule has 0 bridgehead atoms. The Morgan fingerprint density at radius 1 is 1.29 bits per heavy atom. The van der Waals surface area contributed by atoms with Gasteiger partial charge in [-0.3, -0.25) is 9.78 Å². The molecule has 2 heterocycles. The molecule has 0 N–H and O–H groups in total. The molecule has 3 rings (SSSR count). The molecule has 0 aliphatic carbocycles. The largest absolute Gasteiger partial charge is 0.367 e. The number of benzene rings is 1. The first kappa shape index (κ1) is 14.3. The van der Waals surface area contributed by atoms with E-state index < -0.39 is 0 Å². The molecule has 110 valence electrons. The topological polar surface area (TPSA) is 36.4 Å². The number of amides is 1. The normalized spacial score (nSPS) is 15.6. The Hall–Kier alpha value is -1.69. The number of hydrogen-bond acceptors (Lipinski definition) is 3. The molecule has 0 spiro atoms. The van der Waals surface area contributed by atoms with Gasteiger partial charge in [-0.15, -0.1) is 0 Å². The summed E-state index contributed by atoms with van der Waals surface area (Å²) in [6.07, 6.45) is 1.63. The van der Waals surface area contributed by atoms with Gasteiger partial charge in [0.2, 0.25) is 5.91 Å². The van der Waals surface area contributed by atoms with E-state index in [0.29, 0.717) is 23.1 Å². The summed E-state index contributed by atoms with van der Waals surface area (Å²) < 4.78 is 14.7. The third-order valence-electron chi connectivity index (χ3n) is 3.81. The Morgan fingerprint density at radius 3 is 2.67 bits per heavy atom. The minimum atomic E-state index is -0.330. The van der Waals surface area contributed by atoms with Crippen molar-refractivity contribution in [3.05, 3.63) is 34.7 Å². The molecule has 1 saturated heterocycles. The molecule has 1 amide bonds. The van der Waals surface area contributed by atoms with Crippen LogP contribution in [0.5, 0.6) is 0 Å². The molecule has 1 aliphatic heterocycles. The molecule has 6 heteroatoms. The van der Waals surface area contributed by atoms with Gasteiger partial charge in [0.1, 0.15) is 5.52 Å². The molecular weight excluding hydrogens is 337 g/mol. The van der Waals surface area contributed by atoms with E-state index in [1.54, 1.807) is 13.1 Å². The maximum absolute atomic E-state index is 14.0. The zero-order chi connectivity index (χ0) is 15.0. The van der Waals surface area contributed by atoms with Crippen LogP contribution in [0.1, 0.15) is 6.92 Å². The third kappa shape index (κ3) is 2.72. The highest BCUT2D eigenvalue weighted by Gasteiger charge is 2.20. The number of aromatic nitrogens is 1. The maximum Gasteiger partial charge on any atom is 0.219 e. The highest BCUT2D eigenvalue weighted by atomic mass is 79.9. The number of piperazine rings is 1. The second-order valence-electron chi connectivity index (χ2n) is 5.11. The van der Waals surface area contributed by atoms with Crippen LogP contribution in [0.4, 0.5) is 10.1 Å². The van der Waals surface area contributed by atoms with E-state index in [9.17, 15) is 9.18 Å². The summed E-state index contributed by atoms with van der Waals surface area (Å²) in [5, 5.41) is 0.792. The van der Waals surface area contributed by atoms with Gasteiger partial charge in [-0.2, -0.15) is 0 Å². The Labute approximate surface area is 130 Å². The Kier molecular flexibility index (Phi) is 3.80. The summed E-state index contributed by atoms with van der Waals surface area (Å²) in [7, 11) is 0. The molecule has 1 fully saturated rings. The number of rotatable bonds is 1. The summed E-state index contributed by atoms with van der Waals surface area (Å²) in [5.74, 6) is -0.230. The molecule has 2 aromatic rings. The average molecular weight is 352 g/mol. The second-order valence-corrected chi connectivity index (χ2v) is 6.02. The Balaban J connectivity index is 1.96. The lowest BCUT2D eigenvalue weighted by atomic mass is 10.1. The van der Waals surface area contributed by atoms with Crippen molar-refractivity contribution in [2.24, 2.45) is 0 Å². The molecule has 1 aromatic carbocycles. The Bertz CT molecular complexity index is 699. The van der Waals surface area contributed by atoms with Gasteiger partial charge in [0.25, 0.3) is 0 Å². The second kappa shape index (κ2) is 5.60. The summed E-state index contributed by atoms with van der Waals surface area (Å²) in [4.78, 5) is 19.5. The SMILES string of the molecule is CC(=O)N1CCN(c2ccnc3c(F)cc(Br)cc23)CC1. The average Bonchev–Trinajstić information content (AvgIpc) is 2.46. The quantitative estimate of drug-likeness (QED) is 0.792. The fraction of sp³-hybridized carbons (Fsp3) is 0.333. The lowest BCUT2D eigenvalue weighted by molar-refractivity contribution is -0.129. The van der Waals surface area contributed by atoms with Gasteiger partial charge in [-0.05, 0) is 18.2 Å². The zero-order valence-electron chi connectivity index (χ0n) is 11.6. The number of hydrogen-bond donors (Lipinski definition) is 0. The highest BCUT2D eigenvalue weighted by molar-refractivity contribution is 9.10. The number of halogens is 2. The van der Waals surface area contributed by atoms with E-state index in [0.717, 1.165) is 24.2 Å².